The molecule has 0 aliphatic carbocycles. The van der Waals surface area contributed by atoms with E-state index in [0.29, 0.717) is 12.2 Å². The number of amides is 1. The van der Waals surface area contributed by atoms with Crippen LogP contribution < -0.4 is 10.6 Å². The SMILES string of the molecule is CCNC(=O)C(C)Nc1c([N+](=O)[O-])c(C(C)C)nn1C. The Morgan fingerprint density at radius 1 is 1.45 bits per heavy atom. The van der Waals surface area contributed by atoms with E-state index in [1.807, 2.05) is 20.8 Å². The Labute approximate surface area is 117 Å². The van der Waals surface area contributed by atoms with Crippen molar-refractivity contribution in [2.24, 2.45) is 7.05 Å². The number of nitro groups is 1. The fraction of sp³-hybridized carbons (Fsp3) is 0.667. The van der Waals surface area contributed by atoms with E-state index in [2.05, 4.69) is 15.7 Å². The van der Waals surface area contributed by atoms with Crippen LogP contribution in [0.4, 0.5) is 11.5 Å². The molecule has 1 rings (SSSR count). The average Bonchev–Trinajstić information content (AvgIpc) is 2.67. The van der Waals surface area contributed by atoms with Gasteiger partial charge in [-0.2, -0.15) is 5.10 Å². The molecule has 1 amide bonds. The maximum absolute atomic E-state index is 11.7. The Morgan fingerprint density at radius 3 is 2.50 bits per heavy atom. The first kappa shape index (κ1) is 15.9. The first-order valence-electron chi connectivity index (χ1n) is 6.55. The summed E-state index contributed by atoms with van der Waals surface area (Å²) < 4.78 is 1.41. The molecule has 0 aliphatic heterocycles. The van der Waals surface area contributed by atoms with Crippen LogP contribution in [-0.2, 0) is 11.8 Å². The second-order valence-corrected chi connectivity index (χ2v) is 4.88. The van der Waals surface area contributed by atoms with Crippen LogP contribution in [0, 0.1) is 10.1 Å². The van der Waals surface area contributed by atoms with Crippen molar-refractivity contribution < 1.29 is 9.72 Å². The molecule has 0 aliphatic rings. The van der Waals surface area contributed by atoms with E-state index in [-0.39, 0.29) is 23.3 Å². The summed E-state index contributed by atoms with van der Waals surface area (Å²) in [6.07, 6.45) is 0. The number of likely N-dealkylation sites (N-methyl/N-ethyl adjacent to an activating group) is 1. The lowest BCUT2D eigenvalue weighted by atomic mass is 10.1. The van der Waals surface area contributed by atoms with Gasteiger partial charge in [0.25, 0.3) is 0 Å². The lowest BCUT2D eigenvalue weighted by molar-refractivity contribution is -0.384. The zero-order valence-corrected chi connectivity index (χ0v) is 12.4. The number of hydrogen-bond acceptors (Lipinski definition) is 5. The number of nitrogens with one attached hydrogen (secondary N) is 2. The smallest absolute Gasteiger partial charge is 0.334 e. The summed E-state index contributed by atoms with van der Waals surface area (Å²) >= 11 is 0. The van der Waals surface area contributed by atoms with Gasteiger partial charge in [0.15, 0.2) is 0 Å². The Morgan fingerprint density at radius 2 is 2.05 bits per heavy atom. The summed E-state index contributed by atoms with van der Waals surface area (Å²) in [5, 5.41) is 20.9. The van der Waals surface area contributed by atoms with E-state index in [4.69, 9.17) is 0 Å². The molecule has 8 heteroatoms. The summed E-state index contributed by atoms with van der Waals surface area (Å²) in [4.78, 5) is 22.5. The average molecular weight is 283 g/mol. The molecule has 2 N–H and O–H groups in total. The molecule has 0 radical (unpaired) electrons. The van der Waals surface area contributed by atoms with Crippen LogP contribution in [0.25, 0.3) is 0 Å². The second kappa shape index (κ2) is 6.36. The zero-order valence-electron chi connectivity index (χ0n) is 12.4. The molecule has 0 spiro atoms. The molecule has 1 unspecified atom stereocenters. The highest BCUT2D eigenvalue weighted by molar-refractivity contribution is 5.84. The second-order valence-electron chi connectivity index (χ2n) is 4.88. The quantitative estimate of drug-likeness (QED) is 0.606. The van der Waals surface area contributed by atoms with Gasteiger partial charge in [0.05, 0.1) is 4.92 Å². The van der Waals surface area contributed by atoms with Gasteiger partial charge in [0, 0.05) is 19.5 Å². The minimum Gasteiger partial charge on any atom is -0.355 e. The first-order valence-corrected chi connectivity index (χ1v) is 6.55. The van der Waals surface area contributed by atoms with Gasteiger partial charge < -0.3 is 10.6 Å². The van der Waals surface area contributed by atoms with E-state index >= 15 is 0 Å². The van der Waals surface area contributed by atoms with Gasteiger partial charge in [-0.3, -0.25) is 14.9 Å². The molecule has 0 saturated heterocycles. The van der Waals surface area contributed by atoms with Gasteiger partial charge in [-0.25, -0.2) is 4.68 Å². The number of aryl methyl sites for hydroxylation is 1. The van der Waals surface area contributed by atoms with Crippen LogP contribution in [0.2, 0.25) is 0 Å². The maximum Gasteiger partial charge on any atom is 0.334 e. The van der Waals surface area contributed by atoms with E-state index in [0.717, 1.165) is 0 Å². The van der Waals surface area contributed by atoms with Gasteiger partial charge >= 0.3 is 5.69 Å². The largest absolute Gasteiger partial charge is 0.355 e. The van der Waals surface area contributed by atoms with Crippen LogP contribution in [0.15, 0.2) is 0 Å². The number of rotatable bonds is 6. The van der Waals surface area contributed by atoms with E-state index in [1.165, 1.54) is 4.68 Å². The molecule has 0 saturated carbocycles. The molecule has 1 aromatic rings. The summed E-state index contributed by atoms with van der Waals surface area (Å²) in [5.74, 6) is -0.0385. The minimum atomic E-state index is -0.580. The molecule has 1 atom stereocenters. The number of anilines is 1. The first-order chi connectivity index (χ1) is 9.29. The van der Waals surface area contributed by atoms with Crippen LogP contribution in [0.5, 0.6) is 0 Å². The van der Waals surface area contributed by atoms with Crippen molar-refractivity contribution in [3.05, 3.63) is 15.8 Å². The maximum atomic E-state index is 11.7. The Bertz CT molecular complexity index is 509. The van der Waals surface area contributed by atoms with Crippen molar-refractivity contribution in [2.75, 3.05) is 11.9 Å². The zero-order chi connectivity index (χ0) is 15.4. The summed E-state index contributed by atoms with van der Waals surface area (Å²) in [6.45, 7) is 7.65. The fourth-order valence-electron chi connectivity index (χ4n) is 1.86. The molecule has 112 valence electrons. The van der Waals surface area contributed by atoms with E-state index < -0.39 is 11.0 Å². The van der Waals surface area contributed by atoms with Crippen LogP contribution in [0.1, 0.15) is 39.3 Å². The van der Waals surface area contributed by atoms with Crippen molar-refractivity contribution in [3.8, 4) is 0 Å². The molecular formula is C12H21N5O3. The van der Waals surface area contributed by atoms with Crippen molar-refractivity contribution in [1.82, 2.24) is 15.1 Å². The number of aromatic nitrogens is 2. The predicted octanol–water partition coefficient (Wildman–Crippen LogP) is 1.39. The highest BCUT2D eigenvalue weighted by Gasteiger charge is 2.30. The molecule has 1 heterocycles. The number of nitrogens with zero attached hydrogens (tertiary/aromatic N) is 3. The fourth-order valence-corrected chi connectivity index (χ4v) is 1.86. The number of carbonyl (C=O) groups is 1. The third-order valence-corrected chi connectivity index (χ3v) is 2.88. The van der Waals surface area contributed by atoms with Crippen LogP contribution >= 0.6 is 0 Å². The van der Waals surface area contributed by atoms with Gasteiger partial charge in [0.2, 0.25) is 11.7 Å². The topological polar surface area (TPSA) is 102 Å². The van der Waals surface area contributed by atoms with Gasteiger partial charge in [-0.05, 0) is 13.8 Å². The highest BCUT2D eigenvalue weighted by atomic mass is 16.6. The minimum absolute atomic E-state index is 0.0707. The molecule has 20 heavy (non-hydrogen) atoms. The van der Waals surface area contributed by atoms with Gasteiger partial charge in [0.1, 0.15) is 11.7 Å². The molecule has 8 nitrogen and oxygen atoms in total. The van der Waals surface area contributed by atoms with Crippen LogP contribution in [-0.4, -0.2) is 33.2 Å². The molecule has 0 aromatic carbocycles. The van der Waals surface area contributed by atoms with Crippen molar-refractivity contribution in [2.45, 2.75) is 39.7 Å². The number of hydrogen-bond donors (Lipinski definition) is 2. The summed E-state index contributed by atoms with van der Waals surface area (Å²) in [7, 11) is 1.62. The van der Waals surface area contributed by atoms with E-state index in [1.54, 1.807) is 14.0 Å². The lowest BCUT2D eigenvalue weighted by Gasteiger charge is -2.13. The lowest BCUT2D eigenvalue weighted by Crippen LogP contribution is -2.37. The Balaban J connectivity index is 3.12. The summed E-state index contributed by atoms with van der Waals surface area (Å²) in [6, 6.07) is -0.580. The Hall–Kier alpha value is -2.12. The molecular weight excluding hydrogens is 262 g/mol. The molecule has 0 bridgehead atoms. The third-order valence-electron chi connectivity index (χ3n) is 2.88. The molecule has 1 aromatic heterocycles. The van der Waals surface area contributed by atoms with Crippen LogP contribution in [0.3, 0.4) is 0 Å². The predicted molar refractivity (Wildman–Crippen MR) is 75.7 cm³/mol. The summed E-state index contributed by atoms with van der Waals surface area (Å²) in [5.41, 5.74) is 0.335. The monoisotopic (exact) mass is 283 g/mol. The van der Waals surface area contributed by atoms with E-state index in [9.17, 15) is 14.9 Å². The molecule has 0 fully saturated rings. The van der Waals surface area contributed by atoms with Gasteiger partial charge in [-0.1, -0.05) is 13.8 Å². The standard InChI is InChI=1S/C12H21N5O3/c1-6-13-12(18)8(4)14-11-10(17(19)20)9(7(2)3)15-16(11)5/h7-8,14H,6H2,1-5H3,(H,13,18). The van der Waals surface area contributed by atoms with Crippen molar-refractivity contribution in [1.29, 1.82) is 0 Å². The highest BCUT2D eigenvalue weighted by Crippen LogP contribution is 2.33. The number of carbonyl (C=O) groups excluding carboxylic acids is 1. The normalized spacial score (nSPS) is 12.3. The Kier molecular flexibility index (Phi) is 5.06. The van der Waals surface area contributed by atoms with Crippen molar-refractivity contribution >= 4 is 17.4 Å². The third kappa shape index (κ3) is 3.25. The van der Waals surface area contributed by atoms with Gasteiger partial charge in [-0.15, -0.1) is 0 Å². The van der Waals surface area contributed by atoms with Crippen molar-refractivity contribution in [3.63, 3.8) is 0 Å².